The van der Waals surface area contributed by atoms with Gasteiger partial charge in [0.05, 0.1) is 6.10 Å². The smallest absolute Gasteiger partial charge is 0.328 e. The molecule has 0 radical (unpaired) electrons. The summed E-state index contributed by atoms with van der Waals surface area (Å²) in [4.78, 5) is 24.8. The number of nitrogens with one attached hydrogen (secondary N) is 1. The Morgan fingerprint density at radius 2 is 1.54 bits per heavy atom. The maximum atomic E-state index is 12.7. The minimum absolute atomic E-state index is 0.455. The van der Waals surface area contributed by atoms with Gasteiger partial charge >= 0.3 is 5.97 Å². The van der Waals surface area contributed by atoms with Crippen molar-refractivity contribution in [3.63, 3.8) is 0 Å². The lowest BCUT2D eigenvalue weighted by Crippen LogP contribution is -2.48. The Morgan fingerprint density at radius 1 is 1.00 bits per heavy atom. The Morgan fingerprint density at radius 3 is 2.04 bits per heavy atom. The van der Waals surface area contributed by atoms with Crippen LogP contribution in [0.3, 0.4) is 0 Å². The van der Waals surface area contributed by atoms with E-state index >= 15 is 0 Å². The molecule has 24 heavy (non-hydrogen) atoms. The normalized spacial score (nSPS) is 14.4. The molecule has 1 amide bonds. The first-order valence-corrected chi connectivity index (χ1v) is 8.35. The van der Waals surface area contributed by atoms with Crippen LogP contribution in [-0.2, 0) is 9.59 Å². The highest BCUT2D eigenvalue weighted by atomic mass is 32.2. The highest BCUT2D eigenvalue weighted by molar-refractivity contribution is 8.00. The van der Waals surface area contributed by atoms with Gasteiger partial charge in [-0.15, -0.1) is 11.8 Å². The van der Waals surface area contributed by atoms with E-state index in [9.17, 15) is 14.7 Å². The Kier molecular flexibility index (Phi) is 6.40. The van der Waals surface area contributed by atoms with Gasteiger partial charge in [-0.25, -0.2) is 4.79 Å². The average Bonchev–Trinajstić information content (AvgIpc) is 2.58. The molecule has 126 valence electrons. The number of hydrogen-bond acceptors (Lipinski definition) is 4. The summed E-state index contributed by atoms with van der Waals surface area (Å²) < 4.78 is 0. The van der Waals surface area contributed by atoms with E-state index in [4.69, 9.17) is 5.11 Å². The van der Waals surface area contributed by atoms with E-state index < -0.39 is 29.3 Å². The molecule has 2 aromatic rings. The van der Waals surface area contributed by atoms with Gasteiger partial charge in [0.15, 0.2) is 6.04 Å². The predicted octanol–water partition coefficient (Wildman–Crippen LogP) is 2.47. The number of amides is 1. The topological polar surface area (TPSA) is 86.6 Å². The monoisotopic (exact) mass is 345 g/mol. The molecule has 2 rings (SSSR count). The van der Waals surface area contributed by atoms with Gasteiger partial charge in [0, 0.05) is 4.90 Å². The molecule has 3 atom stereocenters. The van der Waals surface area contributed by atoms with Crippen LogP contribution in [0.25, 0.3) is 0 Å². The van der Waals surface area contributed by atoms with Crippen molar-refractivity contribution in [1.29, 1.82) is 0 Å². The number of benzene rings is 2. The molecule has 0 unspecified atom stereocenters. The summed E-state index contributed by atoms with van der Waals surface area (Å²) >= 11 is 1.33. The molecule has 0 aromatic heterocycles. The van der Waals surface area contributed by atoms with Gasteiger partial charge in [-0.3, -0.25) is 4.79 Å². The zero-order chi connectivity index (χ0) is 17.5. The van der Waals surface area contributed by atoms with E-state index in [1.807, 2.05) is 60.7 Å². The second-order valence-corrected chi connectivity index (χ2v) is 6.47. The fourth-order valence-corrected chi connectivity index (χ4v) is 3.21. The molecule has 0 fully saturated rings. The van der Waals surface area contributed by atoms with Gasteiger partial charge in [0.2, 0.25) is 5.91 Å². The number of hydrogen-bond donors (Lipinski definition) is 3. The van der Waals surface area contributed by atoms with Crippen LogP contribution in [-0.4, -0.2) is 34.2 Å². The Balaban J connectivity index is 2.25. The van der Waals surface area contributed by atoms with Crippen molar-refractivity contribution in [2.75, 3.05) is 0 Å². The summed E-state index contributed by atoms with van der Waals surface area (Å²) in [5.74, 6) is -1.72. The predicted molar refractivity (Wildman–Crippen MR) is 92.7 cm³/mol. The molecule has 0 saturated heterocycles. The largest absolute Gasteiger partial charge is 0.480 e. The molecule has 3 N–H and O–H groups in total. The van der Waals surface area contributed by atoms with Gasteiger partial charge in [-0.1, -0.05) is 48.5 Å². The summed E-state index contributed by atoms with van der Waals surface area (Å²) in [5.41, 5.74) is 0.763. The molecule has 0 bridgehead atoms. The van der Waals surface area contributed by atoms with Crippen LogP contribution >= 0.6 is 11.8 Å². The molecule has 0 aliphatic carbocycles. The lowest BCUT2D eigenvalue weighted by Gasteiger charge is -2.22. The minimum atomic E-state index is -1.35. The van der Waals surface area contributed by atoms with Crippen LogP contribution in [0.4, 0.5) is 0 Å². The second kappa shape index (κ2) is 8.52. The SMILES string of the molecule is C[C@H](O)[C@H](NC(=O)[C@@H](Sc1ccccc1)c1ccccc1)C(=O)O. The van der Waals surface area contributed by atoms with Gasteiger partial charge in [-0.05, 0) is 24.6 Å². The maximum Gasteiger partial charge on any atom is 0.328 e. The first kappa shape index (κ1) is 18.0. The van der Waals surface area contributed by atoms with Crippen molar-refractivity contribution in [2.45, 2.75) is 29.2 Å². The van der Waals surface area contributed by atoms with Gasteiger partial charge in [0.1, 0.15) is 5.25 Å². The number of carbonyl (C=O) groups is 2. The molecule has 0 aliphatic heterocycles. The molecular formula is C18H19NO4S. The molecule has 2 aromatic carbocycles. The minimum Gasteiger partial charge on any atom is -0.480 e. The second-order valence-electron chi connectivity index (χ2n) is 5.29. The molecule has 0 saturated carbocycles. The van der Waals surface area contributed by atoms with E-state index in [1.54, 1.807) is 0 Å². The van der Waals surface area contributed by atoms with Gasteiger partial charge in [0.25, 0.3) is 0 Å². The number of aliphatic hydroxyl groups is 1. The zero-order valence-corrected chi connectivity index (χ0v) is 13.9. The van der Waals surface area contributed by atoms with Gasteiger partial charge in [-0.2, -0.15) is 0 Å². The van der Waals surface area contributed by atoms with E-state index in [-0.39, 0.29) is 0 Å². The maximum absolute atomic E-state index is 12.7. The molecule has 0 heterocycles. The molecule has 0 aliphatic rings. The number of aliphatic carboxylic acids is 1. The first-order valence-electron chi connectivity index (χ1n) is 7.47. The van der Waals surface area contributed by atoms with E-state index in [0.29, 0.717) is 0 Å². The highest BCUT2D eigenvalue weighted by Gasteiger charge is 2.29. The summed E-state index contributed by atoms with van der Waals surface area (Å²) in [6, 6.07) is 17.2. The molecule has 0 spiro atoms. The Hall–Kier alpha value is -2.31. The standard InChI is InChI=1S/C18H19NO4S/c1-12(20)15(18(22)23)19-17(21)16(13-8-4-2-5-9-13)24-14-10-6-3-7-11-14/h2-12,15-16,20H,1H3,(H,19,21)(H,22,23)/t12-,15-,16-/m0/s1. The van der Waals surface area contributed by atoms with Crippen molar-refractivity contribution in [2.24, 2.45) is 0 Å². The highest BCUT2D eigenvalue weighted by Crippen LogP contribution is 2.35. The molecule has 5 nitrogen and oxygen atoms in total. The first-order chi connectivity index (χ1) is 11.5. The van der Waals surface area contributed by atoms with Crippen LogP contribution < -0.4 is 5.32 Å². The number of carboxylic acid groups (broad SMARTS) is 1. The number of aliphatic hydroxyl groups excluding tert-OH is 1. The number of carboxylic acids is 1. The summed E-state index contributed by atoms with van der Waals surface area (Å²) in [5, 5.41) is 20.5. The Labute approximate surface area is 144 Å². The Bertz CT molecular complexity index is 676. The third-order valence-electron chi connectivity index (χ3n) is 3.38. The molecular weight excluding hydrogens is 326 g/mol. The summed E-state index contributed by atoms with van der Waals surface area (Å²) in [6.45, 7) is 1.33. The van der Waals surface area contributed by atoms with Crippen molar-refractivity contribution in [3.05, 3.63) is 66.2 Å². The third kappa shape index (κ3) is 4.84. The lowest BCUT2D eigenvalue weighted by molar-refractivity contribution is -0.144. The number of carbonyl (C=O) groups excluding carboxylic acids is 1. The van der Waals surface area contributed by atoms with E-state index in [2.05, 4.69) is 5.32 Å². The van der Waals surface area contributed by atoms with Crippen molar-refractivity contribution in [3.8, 4) is 0 Å². The number of rotatable bonds is 7. The fourth-order valence-electron chi connectivity index (χ4n) is 2.15. The lowest BCUT2D eigenvalue weighted by atomic mass is 10.1. The van der Waals surface area contributed by atoms with E-state index in [1.165, 1.54) is 18.7 Å². The van der Waals surface area contributed by atoms with Crippen LogP contribution in [0.5, 0.6) is 0 Å². The van der Waals surface area contributed by atoms with Crippen LogP contribution in [0.15, 0.2) is 65.6 Å². The fraction of sp³-hybridized carbons (Fsp3) is 0.222. The summed E-state index contributed by atoms with van der Waals surface area (Å²) in [7, 11) is 0. The van der Waals surface area contributed by atoms with Crippen molar-refractivity contribution < 1.29 is 19.8 Å². The zero-order valence-electron chi connectivity index (χ0n) is 13.1. The van der Waals surface area contributed by atoms with Crippen molar-refractivity contribution in [1.82, 2.24) is 5.32 Å². The van der Waals surface area contributed by atoms with Gasteiger partial charge < -0.3 is 15.5 Å². The quantitative estimate of drug-likeness (QED) is 0.671. The van der Waals surface area contributed by atoms with Crippen molar-refractivity contribution >= 4 is 23.6 Å². The van der Waals surface area contributed by atoms with E-state index in [0.717, 1.165) is 10.5 Å². The molecule has 6 heteroatoms. The van der Waals surface area contributed by atoms with Crippen LogP contribution in [0, 0.1) is 0 Å². The van der Waals surface area contributed by atoms with Crippen LogP contribution in [0.2, 0.25) is 0 Å². The third-order valence-corrected chi connectivity index (χ3v) is 4.65. The van der Waals surface area contributed by atoms with Crippen LogP contribution in [0.1, 0.15) is 17.7 Å². The summed E-state index contributed by atoms with van der Waals surface area (Å²) in [6.07, 6.45) is -1.19. The number of thioether (sulfide) groups is 1. The average molecular weight is 345 g/mol.